The molecule has 0 aromatic heterocycles. The first-order valence-electron chi connectivity index (χ1n) is 20.0. The zero-order valence-corrected chi connectivity index (χ0v) is 35.4. The molecule has 8 aromatic carbocycles. The Bertz CT molecular complexity index is 2790. The van der Waals surface area contributed by atoms with Crippen LogP contribution in [0.5, 0.6) is 11.5 Å². The minimum atomic E-state index is -0.961. The molecule has 0 heterocycles. The Morgan fingerprint density at radius 1 is 0.435 bits per heavy atom. The van der Waals surface area contributed by atoms with Gasteiger partial charge in [-0.05, 0) is 100.0 Å². The normalized spacial score (nSPS) is 10.6. The fraction of sp³-hybridized carbons (Fsp3) is 0.0741. The highest BCUT2D eigenvalue weighted by Crippen LogP contribution is 2.41. The number of carboxylic acid groups (broad SMARTS) is 1. The summed E-state index contributed by atoms with van der Waals surface area (Å²) < 4.78 is 17.6. The number of benzene rings is 8. The van der Waals surface area contributed by atoms with E-state index < -0.39 is 5.97 Å². The molecule has 0 radical (unpaired) electrons. The van der Waals surface area contributed by atoms with E-state index in [1.807, 2.05) is 170 Å². The maximum atomic E-state index is 12.6. The van der Waals surface area contributed by atoms with Gasteiger partial charge in [-0.1, -0.05) is 169 Å². The average Bonchev–Trinajstić information content (AvgIpc) is 3.31. The van der Waals surface area contributed by atoms with Gasteiger partial charge in [0.1, 0.15) is 24.7 Å². The highest BCUT2D eigenvalue weighted by molar-refractivity contribution is 6.31. The van der Waals surface area contributed by atoms with Crippen LogP contribution in [-0.4, -0.2) is 23.7 Å². The Balaban J connectivity index is 0.000000187. The van der Waals surface area contributed by atoms with Crippen molar-refractivity contribution < 1.29 is 28.9 Å². The van der Waals surface area contributed by atoms with E-state index in [0.29, 0.717) is 52.5 Å². The third kappa shape index (κ3) is 10.6. The number of halogens is 2. The van der Waals surface area contributed by atoms with Crippen LogP contribution in [0.3, 0.4) is 0 Å². The van der Waals surface area contributed by atoms with Crippen LogP contribution in [0.1, 0.15) is 38.8 Å². The zero-order chi connectivity index (χ0) is 43.3. The summed E-state index contributed by atoms with van der Waals surface area (Å²) in [5.74, 6) is 0.0284. The van der Waals surface area contributed by atoms with Crippen LogP contribution in [-0.2, 0) is 18.0 Å². The molecule has 62 heavy (non-hydrogen) atoms. The molecule has 0 fully saturated rings. The molecule has 0 aliphatic heterocycles. The molecular weight excluding hydrogens is 815 g/mol. The Hall–Kier alpha value is -7.12. The second-order valence-corrected chi connectivity index (χ2v) is 14.9. The molecule has 308 valence electrons. The number of carbonyl (C=O) groups is 2. The molecule has 8 aromatic rings. The molecule has 0 atom stereocenters. The van der Waals surface area contributed by atoms with Gasteiger partial charge in [-0.15, -0.1) is 0 Å². The molecule has 0 amide bonds. The second kappa shape index (κ2) is 20.9. The first-order chi connectivity index (χ1) is 30.3. The number of hydrogen-bond donors (Lipinski definition) is 1. The van der Waals surface area contributed by atoms with E-state index in [1.165, 1.54) is 0 Å². The molecule has 8 rings (SSSR count). The van der Waals surface area contributed by atoms with Crippen LogP contribution in [0.2, 0.25) is 10.0 Å². The maximum absolute atomic E-state index is 12.6. The highest BCUT2D eigenvalue weighted by Gasteiger charge is 2.20. The van der Waals surface area contributed by atoms with E-state index >= 15 is 0 Å². The third-order valence-corrected chi connectivity index (χ3v) is 10.4. The van der Waals surface area contributed by atoms with E-state index in [1.54, 1.807) is 31.2 Å². The topological polar surface area (TPSA) is 82.1 Å². The number of ether oxygens (including phenoxy) is 3. The molecule has 0 unspecified atom stereocenters. The molecule has 1 N–H and O–H groups in total. The summed E-state index contributed by atoms with van der Waals surface area (Å²) in [6.45, 7) is 2.96. The molecule has 0 spiro atoms. The lowest BCUT2D eigenvalue weighted by molar-refractivity contribution is 0.0526. The van der Waals surface area contributed by atoms with Crippen molar-refractivity contribution in [2.75, 3.05) is 6.61 Å². The van der Waals surface area contributed by atoms with Crippen molar-refractivity contribution >= 4 is 35.1 Å². The van der Waals surface area contributed by atoms with Gasteiger partial charge in [-0.3, -0.25) is 0 Å². The Labute approximate surface area is 371 Å². The van der Waals surface area contributed by atoms with Gasteiger partial charge >= 0.3 is 11.9 Å². The van der Waals surface area contributed by atoms with E-state index in [-0.39, 0.29) is 11.5 Å². The van der Waals surface area contributed by atoms with Gasteiger partial charge in [0.2, 0.25) is 0 Å². The molecular formula is C54H42Cl2O6. The number of carboxylic acids is 1. The van der Waals surface area contributed by atoms with Crippen molar-refractivity contribution in [2.45, 2.75) is 20.1 Å². The van der Waals surface area contributed by atoms with Crippen LogP contribution in [0.4, 0.5) is 0 Å². The van der Waals surface area contributed by atoms with Crippen LogP contribution in [0, 0.1) is 0 Å². The summed E-state index contributed by atoms with van der Waals surface area (Å²) in [6, 6.07) is 61.2. The van der Waals surface area contributed by atoms with E-state index in [4.69, 9.17) is 37.4 Å². The van der Waals surface area contributed by atoms with Crippen LogP contribution in [0.25, 0.3) is 44.5 Å². The van der Waals surface area contributed by atoms with Gasteiger partial charge in [-0.2, -0.15) is 0 Å². The molecule has 0 saturated heterocycles. The van der Waals surface area contributed by atoms with Gasteiger partial charge in [0.15, 0.2) is 0 Å². The Morgan fingerprint density at radius 3 is 1.21 bits per heavy atom. The van der Waals surface area contributed by atoms with E-state index in [2.05, 4.69) is 0 Å². The van der Waals surface area contributed by atoms with Crippen LogP contribution in [0.15, 0.2) is 194 Å². The number of carbonyl (C=O) groups excluding carboxylic acids is 1. The predicted molar refractivity (Wildman–Crippen MR) is 249 cm³/mol. The lowest BCUT2D eigenvalue weighted by atomic mass is 9.91. The van der Waals surface area contributed by atoms with Crippen molar-refractivity contribution in [1.82, 2.24) is 0 Å². The quantitative estimate of drug-likeness (QED) is 0.116. The first-order valence-corrected chi connectivity index (χ1v) is 20.8. The van der Waals surface area contributed by atoms with Gasteiger partial charge in [-0.25, -0.2) is 9.59 Å². The molecule has 8 heteroatoms. The first kappa shape index (κ1) is 43.0. The summed E-state index contributed by atoms with van der Waals surface area (Å²) in [4.78, 5) is 24.4. The number of rotatable bonds is 13. The highest BCUT2D eigenvalue weighted by atomic mass is 35.5. The predicted octanol–water partition coefficient (Wildman–Crippen LogP) is 14.4. The molecule has 6 nitrogen and oxygen atoms in total. The lowest BCUT2D eigenvalue weighted by Crippen LogP contribution is -2.06. The van der Waals surface area contributed by atoms with Crippen molar-refractivity contribution in [3.8, 4) is 56.0 Å². The van der Waals surface area contributed by atoms with Crippen molar-refractivity contribution in [3.63, 3.8) is 0 Å². The maximum Gasteiger partial charge on any atom is 0.338 e. The van der Waals surface area contributed by atoms with Gasteiger partial charge in [0.05, 0.1) is 17.7 Å². The fourth-order valence-electron chi connectivity index (χ4n) is 7.06. The third-order valence-electron chi connectivity index (χ3n) is 9.96. The van der Waals surface area contributed by atoms with Crippen LogP contribution < -0.4 is 9.47 Å². The molecule has 0 bridgehead atoms. The summed E-state index contributed by atoms with van der Waals surface area (Å²) in [7, 11) is 0. The minimum absolute atomic E-state index is 0.255. The number of esters is 1. The average molecular weight is 858 g/mol. The molecule has 0 aliphatic rings. The molecule has 0 aliphatic carbocycles. The summed E-state index contributed by atoms with van der Waals surface area (Å²) in [5, 5.41) is 10.8. The SMILES string of the molecule is CCOC(=O)c1ccccc1-c1ccccc1-c1ccc(Cl)cc1OCc1ccccc1.O=C(O)c1ccccc1-c1ccccc1-c1ccc(Cl)cc1OCc1ccccc1. The van der Waals surface area contributed by atoms with Crippen molar-refractivity contribution in [2.24, 2.45) is 0 Å². The van der Waals surface area contributed by atoms with Crippen molar-refractivity contribution in [3.05, 3.63) is 226 Å². The minimum Gasteiger partial charge on any atom is -0.488 e. The summed E-state index contributed by atoms with van der Waals surface area (Å²) in [5.41, 5.74) is 9.70. The smallest absolute Gasteiger partial charge is 0.338 e. The van der Waals surface area contributed by atoms with Gasteiger partial charge < -0.3 is 19.3 Å². The van der Waals surface area contributed by atoms with Gasteiger partial charge in [0, 0.05) is 21.2 Å². The Kier molecular flexibility index (Phi) is 14.5. The summed E-state index contributed by atoms with van der Waals surface area (Å²) >= 11 is 12.6. The standard InChI is InChI=1S/C28H23ClO3.C26H19ClO3/c1-2-31-28(30)26-15-9-8-14-24(26)22-12-6-7-13-23(22)25-17-16-21(29)18-27(25)32-19-20-10-4-3-5-11-20;27-19-14-15-23(25(16-19)30-17-18-8-2-1-3-9-18)21-11-5-4-10-20(21)22-12-6-7-13-24(22)26(28)29/h3-18H,2,19H2,1H3;1-16H,17H2,(H,28,29). The summed E-state index contributed by atoms with van der Waals surface area (Å²) in [6.07, 6.45) is 0. The number of aromatic carboxylic acids is 1. The van der Waals surface area contributed by atoms with Crippen LogP contribution >= 0.6 is 23.2 Å². The monoisotopic (exact) mass is 856 g/mol. The number of hydrogen-bond acceptors (Lipinski definition) is 5. The fourth-order valence-corrected chi connectivity index (χ4v) is 7.39. The van der Waals surface area contributed by atoms with Crippen molar-refractivity contribution in [1.29, 1.82) is 0 Å². The largest absolute Gasteiger partial charge is 0.488 e. The second-order valence-electron chi connectivity index (χ2n) is 14.0. The molecule has 0 saturated carbocycles. The van der Waals surface area contributed by atoms with E-state index in [9.17, 15) is 14.7 Å². The lowest BCUT2D eigenvalue weighted by Gasteiger charge is -2.17. The zero-order valence-electron chi connectivity index (χ0n) is 33.8. The van der Waals surface area contributed by atoms with Gasteiger partial charge in [0.25, 0.3) is 0 Å². The Morgan fingerprint density at radius 2 is 0.790 bits per heavy atom. The van der Waals surface area contributed by atoms with E-state index in [0.717, 1.165) is 50.1 Å².